The minimum Gasteiger partial charge on any atom is -0.463 e. The number of urea groups is 1. The minimum atomic E-state index is -1.32. The number of rotatable bonds is 32. The molecule has 3 rings (SSSR count). The number of hydrogen-bond acceptors (Lipinski definition) is 14. The number of esters is 2. The van der Waals surface area contributed by atoms with Gasteiger partial charge in [-0.3, -0.25) is 19.5 Å². The van der Waals surface area contributed by atoms with Gasteiger partial charge in [-0.25, -0.2) is 4.79 Å². The molecule has 3 amide bonds. The van der Waals surface area contributed by atoms with Crippen molar-refractivity contribution in [3.63, 3.8) is 0 Å². The quantitative estimate of drug-likeness (QED) is 0.0152. The first-order valence-corrected chi connectivity index (χ1v) is 24.9. The van der Waals surface area contributed by atoms with E-state index >= 15 is 0 Å². The van der Waals surface area contributed by atoms with E-state index in [9.17, 15) is 24.4 Å². The van der Waals surface area contributed by atoms with Crippen LogP contribution in [0.5, 0.6) is 0 Å². The number of hydrogen-bond donors (Lipinski definition) is 4. The second kappa shape index (κ2) is 30.0. The Balaban J connectivity index is 1.75. The van der Waals surface area contributed by atoms with Crippen molar-refractivity contribution >= 4 is 59.2 Å². The number of H-pyrrole nitrogens is 1. The maximum absolute atomic E-state index is 14.3. The van der Waals surface area contributed by atoms with Crippen LogP contribution in [0.2, 0.25) is 0 Å². The number of benzene rings is 2. The average molecular weight is 983 g/mol. The summed E-state index contributed by atoms with van der Waals surface area (Å²) < 4.78 is 29.0. The predicted octanol–water partition coefficient (Wildman–Crippen LogP) is 8.65. The first-order valence-electron chi connectivity index (χ1n) is 22.7. The van der Waals surface area contributed by atoms with Crippen molar-refractivity contribution in [2.45, 2.75) is 102 Å². The molecule has 5 atom stereocenters. The highest BCUT2D eigenvalue weighted by molar-refractivity contribution is 8.00. The van der Waals surface area contributed by atoms with Crippen LogP contribution in [0, 0.1) is 32.0 Å². The monoisotopic (exact) mass is 982 g/mol. The first-order chi connectivity index (χ1) is 32.0. The molecule has 67 heavy (non-hydrogen) atoms. The number of ether oxygens (including phenoxy) is 5. The smallest absolute Gasteiger partial charge is 0.314 e. The van der Waals surface area contributed by atoms with Gasteiger partial charge < -0.3 is 39.6 Å². The molecule has 0 aliphatic heterocycles. The summed E-state index contributed by atoms with van der Waals surface area (Å²) in [6.07, 6.45) is 1.78. The zero-order valence-electron chi connectivity index (χ0n) is 40.1. The van der Waals surface area contributed by atoms with Gasteiger partial charge in [0.05, 0.1) is 62.5 Å². The summed E-state index contributed by atoms with van der Waals surface area (Å²) in [6.45, 7) is 16.6. The van der Waals surface area contributed by atoms with E-state index in [0.717, 1.165) is 21.9 Å². The predicted molar refractivity (Wildman–Crippen MR) is 264 cm³/mol. The van der Waals surface area contributed by atoms with Gasteiger partial charge in [-0.2, -0.15) is 10.4 Å². The molecule has 1 aromatic heterocycles. The van der Waals surface area contributed by atoms with E-state index in [4.69, 9.17) is 35.9 Å². The average Bonchev–Trinajstić information content (AvgIpc) is 3.73. The van der Waals surface area contributed by atoms with Gasteiger partial charge in [0.25, 0.3) is 0 Å². The van der Waals surface area contributed by atoms with Crippen molar-refractivity contribution in [3.8, 4) is 6.07 Å². The summed E-state index contributed by atoms with van der Waals surface area (Å²) in [6, 6.07) is 20.8. The van der Waals surface area contributed by atoms with Gasteiger partial charge in [0, 0.05) is 30.9 Å². The number of nitrogens with one attached hydrogen (secondary N) is 4. The number of nitriles is 1. The second-order valence-electron chi connectivity index (χ2n) is 17.6. The molecule has 2 aromatic carbocycles. The molecule has 0 fully saturated rings. The zero-order valence-corrected chi connectivity index (χ0v) is 42.6. The Morgan fingerprint density at radius 2 is 1.54 bits per heavy atom. The number of amides is 3. The van der Waals surface area contributed by atoms with Gasteiger partial charge in [0.2, 0.25) is 5.91 Å². The number of nitrogens with zero attached hydrogens (tertiary/aromatic N) is 2. The highest BCUT2D eigenvalue weighted by Crippen LogP contribution is 2.44. The highest BCUT2D eigenvalue weighted by atomic mass is 32.2. The maximum Gasteiger partial charge on any atom is 0.314 e. The van der Waals surface area contributed by atoms with Gasteiger partial charge in [0.1, 0.15) is 13.2 Å². The molecule has 0 radical (unpaired) electrons. The van der Waals surface area contributed by atoms with Gasteiger partial charge in [-0.15, -0.1) is 0 Å². The van der Waals surface area contributed by atoms with Crippen molar-refractivity contribution in [3.05, 3.63) is 87.4 Å². The van der Waals surface area contributed by atoms with Crippen LogP contribution in [0.15, 0.2) is 71.1 Å². The molecule has 5 unspecified atom stereocenters. The minimum absolute atomic E-state index is 0.00267. The molecule has 0 saturated heterocycles. The lowest BCUT2D eigenvalue weighted by atomic mass is 9.68. The molecule has 3 aromatic rings. The van der Waals surface area contributed by atoms with Crippen LogP contribution in [0.3, 0.4) is 0 Å². The Morgan fingerprint density at radius 1 is 0.881 bits per heavy atom. The van der Waals surface area contributed by atoms with E-state index in [2.05, 4.69) is 82.1 Å². The lowest BCUT2D eigenvalue weighted by Crippen LogP contribution is -2.42. The Hall–Kier alpha value is -4.64. The summed E-state index contributed by atoms with van der Waals surface area (Å²) in [5.41, 5.74) is 1.20. The summed E-state index contributed by atoms with van der Waals surface area (Å²) in [7, 11) is 1.61. The van der Waals surface area contributed by atoms with Crippen LogP contribution in [0.1, 0.15) is 102 Å². The molecular weight excluding hydrogens is 913 g/mol. The number of aromatic nitrogens is 2. The van der Waals surface area contributed by atoms with Gasteiger partial charge in [-0.1, -0.05) is 91.2 Å². The lowest BCUT2D eigenvalue weighted by molar-refractivity contribution is -0.163. The Labute approximate surface area is 409 Å². The molecule has 15 nitrogen and oxygen atoms in total. The summed E-state index contributed by atoms with van der Waals surface area (Å²) in [4.78, 5) is 52.4. The van der Waals surface area contributed by atoms with Gasteiger partial charge in [-0.05, 0) is 107 Å². The van der Waals surface area contributed by atoms with Crippen LogP contribution in [0.25, 0.3) is 0 Å². The SMILES string of the molecule is C=C(C)C(=O)NCCOC(=O)C(C)(C)CC(C)(CC(C#N)CC(CC(C)c1ccccc1)c1ccc(CSc2n[nH]c(=S)s2)cc1)C(=O)OCCNC(=O)NCCC(C)OCCOCCOC. The lowest BCUT2D eigenvalue weighted by Gasteiger charge is -2.36. The molecule has 18 heteroatoms. The van der Waals surface area contributed by atoms with E-state index in [1.54, 1.807) is 46.6 Å². The standard InChI is InChI=1S/C49H70N6O9S3/c1-34(2)42(56)51-20-22-63-43(57)48(5,6)33-49(7,44(58)64-23-21-53-45(59)52-19-18-36(4)62-27-26-61-25-24-60-8)30-38(31-50)29-41(28-35(3)39-12-10-9-11-13-39)40-16-14-37(15-17-40)32-66-47-55-54-46(65)67-47/h9-17,35-36,38,41H,1,18-30,32-33H2,2-8H3,(H,51,56)(H,54,65)(H2,52,53,59). The first kappa shape index (κ1) is 56.7. The highest BCUT2D eigenvalue weighted by Gasteiger charge is 2.45. The molecule has 0 saturated carbocycles. The van der Waals surface area contributed by atoms with Gasteiger partial charge >= 0.3 is 18.0 Å². The molecule has 0 aliphatic carbocycles. The van der Waals surface area contributed by atoms with Crippen molar-refractivity contribution in [2.75, 3.05) is 66.4 Å². The summed E-state index contributed by atoms with van der Waals surface area (Å²) in [5, 5.41) is 26.1. The number of aromatic amines is 1. The topological polar surface area (TPSA) is 203 Å². The molecule has 4 N–H and O–H groups in total. The largest absolute Gasteiger partial charge is 0.463 e. The van der Waals surface area contributed by atoms with Crippen molar-refractivity contribution in [1.82, 2.24) is 26.1 Å². The Kier molecular flexibility index (Phi) is 25.4. The fourth-order valence-corrected chi connectivity index (χ4v) is 9.63. The fourth-order valence-electron chi connectivity index (χ4n) is 7.59. The maximum atomic E-state index is 14.3. The summed E-state index contributed by atoms with van der Waals surface area (Å²) >= 11 is 8.23. The van der Waals surface area contributed by atoms with E-state index in [-0.39, 0.29) is 63.0 Å². The molecular formula is C49H70N6O9S3. The van der Waals surface area contributed by atoms with E-state index in [1.165, 1.54) is 16.9 Å². The Morgan fingerprint density at radius 3 is 2.18 bits per heavy atom. The van der Waals surface area contributed by atoms with Crippen molar-refractivity contribution in [1.29, 1.82) is 5.26 Å². The molecule has 0 spiro atoms. The van der Waals surface area contributed by atoms with Crippen molar-refractivity contribution in [2.24, 2.45) is 16.7 Å². The second-order valence-corrected chi connectivity index (χ2v) is 20.5. The van der Waals surface area contributed by atoms with Crippen LogP contribution >= 0.6 is 35.3 Å². The van der Waals surface area contributed by atoms with E-state index in [1.807, 2.05) is 25.1 Å². The zero-order chi connectivity index (χ0) is 49.2. The van der Waals surface area contributed by atoms with Crippen LogP contribution in [-0.2, 0) is 43.8 Å². The third-order valence-corrected chi connectivity index (χ3v) is 13.4. The number of carbonyl (C=O) groups is 4. The molecule has 1 heterocycles. The number of thioether (sulfide) groups is 1. The third-order valence-electron chi connectivity index (χ3n) is 11.1. The normalized spacial score (nSPS) is 14.1. The number of carbonyl (C=O) groups excluding carboxylic acids is 4. The van der Waals surface area contributed by atoms with E-state index in [0.29, 0.717) is 61.1 Å². The summed E-state index contributed by atoms with van der Waals surface area (Å²) in [5.74, 6) is -1.30. The Bertz CT molecular complexity index is 2090. The van der Waals surface area contributed by atoms with E-state index < -0.39 is 34.7 Å². The van der Waals surface area contributed by atoms with Gasteiger partial charge in [0.15, 0.2) is 8.29 Å². The fraction of sp³-hybridized carbons (Fsp3) is 0.571. The number of methoxy groups -OCH3 is 1. The molecule has 368 valence electrons. The molecule has 0 bridgehead atoms. The van der Waals surface area contributed by atoms with Crippen LogP contribution in [-0.4, -0.2) is 107 Å². The van der Waals surface area contributed by atoms with Crippen molar-refractivity contribution < 1.29 is 42.9 Å². The molecule has 0 aliphatic rings. The van der Waals surface area contributed by atoms with Crippen LogP contribution in [0.4, 0.5) is 4.79 Å². The van der Waals surface area contributed by atoms with Crippen LogP contribution < -0.4 is 16.0 Å². The third kappa shape index (κ3) is 21.5.